The summed E-state index contributed by atoms with van der Waals surface area (Å²) in [6, 6.07) is 18.9. The molecule has 3 aromatic rings. The third-order valence-corrected chi connectivity index (χ3v) is 5.41. The van der Waals surface area contributed by atoms with Crippen LogP contribution in [0, 0.1) is 6.92 Å². The lowest BCUT2D eigenvalue weighted by atomic mass is 9.84. The number of hydrogen-bond acceptors (Lipinski definition) is 3. The first-order valence-corrected chi connectivity index (χ1v) is 10.5. The standard InChI is InChI=1S/C28H31N3/c1-8-12-20-14-11-16-24(26(20)29-6)31-25-18-21(28(3,4)5)17-23(27(25)30-7)22-15-10-9-13-19(22)2/h8-18,31H,6-7H2,1-5H3/b12-8-. The van der Waals surface area contributed by atoms with Gasteiger partial charge in [0.2, 0.25) is 0 Å². The molecule has 0 aliphatic heterocycles. The van der Waals surface area contributed by atoms with Gasteiger partial charge in [0, 0.05) is 11.1 Å². The maximum Gasteiger partial charge on any atom is 0.0935 e. The molecule has 0 bridgehead atoms. The zero-order valence-electron chi connectivity index (χ0n) is 19.2. The van der Waals surface area contributed by atoms with Crippen LogP contribution in [0.2, 0.25) is 0 Å². The van der Waals surface area contributed by atoms with Gasteiger partial charge in [0.05, 0.1) is 22.7 Å². The molecule has 0 amide bonds. The summed E-state index contributed by atoms with van der Waals surface area (Å²) >= 11 is 0. The fraction of sp³-hybridized carbons (Fsp3) is 0.214. The van der Waals surface area contributed by atoms with Gasteiger partial charge in [0.1, 0.15) is 0 Å². The minimum Gasteiger partial charge on any atom is -0.352 e. The van der Waals surface area contributed by atoms with Crippen molar-refractivity contribution in [3.8, 4) is 11.1 Å². The van der Waals surface area contributed by atoms with Crippen LogP contribution < -0.4 is 5.32 Å². The highest BCUT2D eigenvalue weighted by atomic mass is 14.9. The minimum absolute atomic E-state index is 0.0279. The zero-order valence-corrected chi connectivity index (χ0v) is 19.2. The maximum atomic E-state index is 4.45. The number of benzene rings is 3. The van der Waals surface area contributed by atoms with E-state index in [-0.39, 0.29) is 5.41 Å². The van der Waals surface area contributed by atoms with Crippen molar-refractivity contribution >= 4 is 42.3 Å². The summed E-state index contributed by atoms with van der Waals surface area (Å²) < 4.78 is 0. The van der Waals surface area contributed by atoms with E-state index in [1.807, 2.05) is 37.3 Å². The molecular weight excluding hydrogens is 378 g/mol. The fourth-order valence-corrected chi connectivity index (χ4v) is 3.71. The Hall–Kier alpha value is -3.46. The Morgan fingerprint density at radius 3 is 2.16 bits per heavy atom. The van der Waals surface area contributed by atoms with Crippen LogP contribution in [0.5, 0.6) is 0 Å². The number of nitrogens with zero attached hydrogens (tertiary/aromatic N) is 2. The van der Waals surface area contributed by atoms with Crippen molar-refractivity contribution in [2.24, 2.45) is 9.98 Å². The third-order valence-electron chi connectivity index (χ3n) is 5.41. The molecule has 0 radical (unpaired) electrons. The van der Waals surface area contributed by atoms with Crippen LogP contribution in [0.15, 0.2) is 70.7 Å². The molecule has 158 valence electrons. The Balaban J connectivity index is 2.27. The van der Waals surface area contributed by atoms with E-state index in [1.165, 1.54) is 11.1 Å². The summed E-state index contributed by atoms with van der Waals surface area (Å²) in [5.74, 6) is 0. The van der Waals surface area contributed by atoms with Gasteiger partial charge in [0.25, 0.3) is 0 Å². The van der Waals surface area contributed by atoms with E-state index in [2.05, 4.69) is 92.8 Å². The molecule has 3 nitrogen and oxygen atoms in total. The van der Waals surface area contributed by atoms with Gasteiger partial charge in [-0.2, -0.15) is 0 Å². The summed E-state index contributed by atoms with van der Waals surface area (Å²) in [4.78, 5) is 8.75. The van der Waals surface area contributed by atoms with Gasteiger partial charge in [0.15, 0.2) is 0 Å². The molecular formula is C28H31N3. The van der Waals surface area contributed by atoms with Crippen LogP contribution >= 0.6 is 0 Å². The molecule has 0 spiro atoms. The number of nitrogens with one attached hydrogen (secondary N) is 1. The van der Waals surface area contributed by atoms with Crippen LogP contribution in [0.25, 0.3) is 17.2 Å². The van der Waals surface area contributed by atoms with E-state index >= 15 is 0 Å². The van der Waals surface area contributed by atoms with Gasteiger partial charge in [-0.1, -0.05) is 69.3 Å². The highest BCUT2D eigenvalue weighted by Crippen LogP contribution is 2.44. The average molecular weight is 410 g/mol. The molecule has 0 atom stereocenters. The molecule has 0 unspecified atom stereocenters. The highest BCUT2D eigenvalue weighted by molar-refractivity contribution is 5.92. The molecule has 0 fully saturated rings. The molecule has 0 saturated carbocycles. The van der Waals surface area contributed by atoms with Gasteiger partial charge >= 0.3 is 0 Å². The Bertz CT molecular complexity index is 1150. The van der Waals surface area contributed by atoms with Crippen LogP contribution in [0.1, 0.15) is 44.4 Å². The van der Waals surface area contributed by atoms with Gasteiger partial charge in [-0.25, -0.2) is 0 Å². The lowest BCUT2D eigenvalue weighted by Crippen LogP contribution is -2.12. The van der Waals surface area contributed by atoms with Crippen molar-refractivity contribution in [3.63, 3.8) is 0 Å². The molecule has 0 saturated heterocycles. The summed E-state index contributed by atoms with van der Waals surface area (Å²) in [5, 5.41) is 3.58. The Morgan fingerprint density at radius 2 is 1.55 bits per heavy atom. The van der Waals surface area contributed by atoms with E-state index in [1.54, 1.807) is 0 Å². The number of rotatable bonds is 6. The second-order valence-corrected chi connectivity index (χ2v) is 8.67. The normalized spacial score (nSPS) is 11.5. The van der Waals surface area contributed by atoms with E-state index in [0.717, 1.165) is 39.4 Å². The number of allylic oxidation sites excluding steroid dienone is 1. The molecule has 31 heavy (non-hydrogen) atoms. The first-order valence-electron chi connectivity index (χ1n) is 10.5. The third kappa shape index (κ3) is 4.66. The second kappa shape index (κ2) is 9.13. The topological polar surface area (TPSA) is 36.8 Å². The van der Waals surface area contributed by atoms with Gasteiger partial charge < -0.3 is 5.32 Å². The van der Waals surface area contributed by atoms with E-state index in [9.17, 15) is 0 Å². The lowest BCUT2D eigenvalue weighted by molar-refractivity contribution is 0.591. The predicted octanol–water partition coefficient (Wildman–Crippen LogP) is 8.40. The Labute approximate surface area is 186 Å². The van der Waals surface area contributed by atoms with E-state index in [0.29, 0.717) is 0 Å². The van der Waals surface area contributed by atoms with Crippen LogP contribution in [-0.4, -0.2) is 13.4 Å². The SMILES string of the molecule is C=Nc1c(/C=C\C)cccc1Nc1cc(C(C)(C)C)cc(-c2ccccc2C)c1N=C. The van der Waals surface area contributed by atoms with E-state index in [4.69, 9.17) is 0 Å². The Kier molecular flexibility index (Phi) is 6.55. The summed E-state index contributed by atoms with van der Waals surface area (Å²) in [6.45, 7) is 18.5. The quantitative estimate of drug-likeness (QED) is 0.408. The Morgan fingerprint density at radius 1 is 0.839 bits per heavy atom. The maximum absolute atomic E-state index is 4.45. The summed E-state index contributed by atoms with van der Waals surface area (Å²) in [6.07, 6.45) is 4.03. The van der Waals surface area contributed by atoms with Crippen molar-refractivity contribution in [1.29, 1.82) is 0 Å². The molecule has 0 aliphatic carbocycles. The zero-order chi connectivity index (χ0) is 22.6. The number of hydrogen-bond donors (Lipinski definition) is 1. The second-order valence-electron chi connectivity index (χ2n) is 8.67. The fourth-order valence-electron chi connectivity index (χ4n) is 3.71. The molecule has 0 heterocycles. The molecule has 0 aromatic heterocycles. The van der Waals surface area contributed by atoms with Crippen molar-refractivity contribution in [2.75, 3.05) is 5.32 Å². The number of aliphatic imine (C=N–C) groups is 2. The first kappa shape index (κ1) is 22.2. The van der Waals surface area contributed by atoms with Crippen molar-refractivity contribution in [1.82, 2.24) is 0 Å². The minimum atomic E-state index is -0.0279. The van der Waals surface area contributed by atoms with Crippen LogP contribution in [0.4, 0.5) is 22.7 Å². The van der Waals surface area contributed by atoms with Gasteiger partial charge in [-0.15, -0.1) is 0 Å². The monoisotopic (exact) mass is 409 g/mol. The molecule has 1 N–H and O–H groups in total. The largest absolute Gasteiger partial charge is 0.352 e. The highest BCUT2D eigenvalue weighted by Gasteiger charge is 2.21. The summed E-state index contributed by atoms with van der Waals surface area (Å²) in [5.41, 5.74) is 9.07. The van der Waals surface area contributed by atoms with Gasteiger partial charge in [-0.3, -0.25) is 9.98 Å². The average Bonchev–Trinajstić information content (AvgIpc) is 2.73. The molecule has 3 rings (SSSR count). The number of anilines is 2. The van der Waals surface area contributed by atoms with Gasteiger partial charge in [-0.05, 0) is 67.6 Å². The number of aryl methyl sites for hydroxylation is 1. The lowest BCUT2D eigenvalue weighted by Gasteiger charge is -2.24. The molecule has 0 aliphatic rings. The summed E-state index contributed by atoms with van der Waals surface area (Å²) in [7, 11) is 0. The van der Waals surface area contributed by atoms with Crippen LogP contribution in [-0.2, 0) is 5.41 Å². The van der Waals surface area contributed by atoms with Crippen molar-refractivity contribution < 1.29 is 0 Å². The first-order chi connectivity index (χ1) is 14.8. The smallest absolute Gasteiger partial charge is 0.0935 e. The molecule has 3 heteroatoms. The van der Waals surface area contributed by atoms with Crippen LogP contribution in [0.3, 0.4) is 0 Å². The van der Waals surface area contributed by atoms with Crippen molar-refractivity contribution in [3.05, 3.63) is 77.4 Å². The molecule has 3 aromatic carbocycles. The van der Waals surface area contributed by atoms with E-state index < -0.39 is 0 Å². The van der Waals surface area contributed by atoms with Crippen molar-refractivity contribution in [2.45, 2.75) is 40.0 Å². The number of para-hydroxylation sites is 1. The predicted molar refractivity (Wildman–Crippen MR) is 138 cm³/mol.